The molecule has 2 aromatic rings. The van der Waals surface area contributed by atoms with Crippen molar-refractivity contribution in [3.63, 3.8) is 0 Å². The lowest BCUT2D eigenvalue weighted by Gasteiger charge is -1.97. The van der Waals surface area contributed by atoms with E-state index in [1.54, 1.807) is 0 Å². The van der Waals surface area contributed by atoms with E-state index in [4.69, 9.17) is 17.3 Å². The summed E-state index contributed by atoms with van der Waals surface area (Å²) in [6.07, 6.45) is 0.994. The molecule has 2 rings (SSSR count). The molecule has 0 spiro atoms. The summed E-state index contributed by atoms with van der Waals surface area (Å²) in [7, 11) is 0. The molecular weight excluding hydrogens is 196 g/mol. The number of fused-ring (bicyclic) bond motifs is 1. The average molecular weight is 209 g/mol. The van der Waals surface area contributed by atoms with Crippen LogP contribution < -0.4 is 5.73 Å². The highest BCUT2D eigenvalue weighted by molar-refractivity contribution is 6.31. The second kappa shape index (κ2) is 3.64. The molecule has 0 saturated heterocycles. The Kier molecular flexibility index (Phi) is 2.48. The molecule has 0 amide bonds. The second-order valence-electron chi connectivity index (χ2n) is 3.33. The third-order valence-electron chi connectivity index (χ3n) is 2.51. The van der Waals surface area contributed by atoms with Crippen molar-refractivity contribution in [2.45, 2.75) is 19.9 Å². The van der Waals surface area contributed by atoms with Gasteiger partial charge in [0.15, 0.2) is 0 Å². The number of halogens is 1. The van der Waals surface area contributed by atoms with Gasteiger partial charge in [0.2, 0.25) is 0 Å². The first-order chi connectivity index (χ1) is 6.76. The van der Waals surface area contributed by atoms with Crippen molar-refractivity contribution < 1.29 is 0 Å². The fraction of sp³-hybridized carbons (Fsp3) is 0.273. The smallest absolute Gasteiger partial charge is 0.0474 e. The maximum absolute atomic E-state index is 5.92. The summed E-state index contributed by atoms with van der Waals surface area (Å²) in [5.41, 5.74) is 9.16. The number of rotatable bonds is 2. The van der Waals surface area contributed by atoms with Crippen LogP contribution in [-0.2, 0) is 13.0 Å². The minimum absolute atomic E-state index is 0.551. The summed E-state index contributed by atoms with van der Waals surface area (Å²) in [4.78, 5) is 3.30. The molecule has 0 aliphatic carbocycles. The molecule has 0 atom stereocenters. The molecule has 0 saturated carbocycles. The number of aromatic nitrogens is 1. The van der Waals surface area contributed by atoms with Crippen LogP contribution in [0.15, 0.2) is 18.2 Å². The lowest BCUT2D eigenvalue weighted by Crippen LogP contribution is -1.99. The Labute approximate surface area is 88.1 Å². The summed E-state index contributed by atoms with van der Waals surface area (Å²) >= 11 is 5.92. The predicted molar refractivity (Wildman–Crippen MR) is 60.6 cm³/mol. The van der Waals surface area contributed by atoms with Crippen LogP contribution in [-0.4, -0.2) is 4.98 Å². The van der Waals surface area contributed by atoms with Crippen molar-refractivity contribution in [1.29, 1.82) is 0 Å². The van der Waals surface area contributed by atoms with Gasteiger partial charge in [-0.3, -0.25) is 0 Å². The van der Waals surface area contributed by atoms with Gasteiger partial charge in [-0.15, -0.1) is 0 Å². The van der Waals surface area contributed by atoms with Gasteiger partial charge in [-0.2, -0.15) is 0 Å². The maximum atomic E-state index is 5.92. The van der Waals surface area contributed by atoms with Gasteiger partial charge >= 0.3 is 0 Å². The molecule has 0 radical (unpaired) electrons. The Hall–Kier alpha value is -0.990. The molecule has 0 unspecified atom stereocenters. The van der Waals surface area contributed by atoms with Gasteiger partial charge in [-0.25, -0.2) is 0 Å². The molecular formula is C11H13ClN2. The third-order valence-corrected chi connectivity index (χ3v) is 2.75. The van der Waals surface area contributed by atoms with Gasteiger partial charge in [0.25, 0.3) is 0 Å². The molecule has 0 aliphatic rings. The van der Waals surface area contributed by atoms with E-state index in [2.05, 4.69) is 11.9 Å². The Morgan fingerprint density at radius 3 is 2.86 bits per heavy atom. The monoisotopic (exact) mass is 208 g/mol. The fourth-order valence-electron chi connectivity index (χ4n) is 1.86. The van der Waals surface area contributed by atoms with Crippen LogP contribution in [0.3, 0.4) is 0 Å². The molecule has 3 N–H and O–H groups in total. The Morgan fingerprint density at radius 2 is 2.21 bits per heavy atom. The molecule has 74 valence electrons. The summed E-state index contributed by atoms with van der Waals surface area (Å²) in [5, 5.41) is 1.99. The zero-order chi connectivity index (χ0) is 10.1. The number of H-pyrrole nitrogens is 1. The normalized spacial score (nSPS) is 11.1. The molecule has 2 nitrogen and oxygen atoms in total. The summed E-state index contributed by atoms with van der Waals surface area (Å²) < 4.78 is 0. The van der Waals surface area contributed by atoms with Gasteiger partial charge in [0.1, 0.15) is 0 Å². The van der Waals surface area contributed by atoms with E-state index in [1.807, 2.05) is 18.2 Å². The van der Waals surface area contributed by atoms with Crippen LogP contribution in [0.25, 0.3) is 10.9 Å². The second-order valence-corrected chi connectivity index (χ2v) is 3.77. The van der Waals surface area contributed by atoms with Gasteiger partial charge in [-0.05, 0) is 24.1 Å². The Balaban J connectivity index is 2.73. The average Bonchev–Trinajstić information content (AvgIpc) is 2.54. The summed E-state index contributed by atoms with van der Waals surface area (Å²) in [5.74, 6) is 0. The molecule has 14 heavy (non-hydrogen) atoms. The lowest BCUT2D eigenvalue weighted by atomic mass is 10.1. The number of aryl methyl sites for hydroxylation is 1. The summed E-state index contributed by atoms with van der Waals surface area (Å²) in [6.45, 7) is 2.69. The zero-order valence-electron chi connectivity index (χ0n) is 8.10. The van der Waals surface area contributed by atoms with Crippen LogP contribution >= 0.6 is 11.6 Å². The van der Waals surface area contributed by atoms with Crippen LogP contribution in [0.1, 0.15) is 18.2 Å². The molecule has 1 heterocycles. The lowest BCUT2D eigenvalue weighted by molar-refractivity contribution is 0.973. The van der Waals surface area contributed by atoms with Gasteiger partial charge in [0, 0.05) is 28.2 Å². The number of nitrogens with one attached hydrogen (secondary N) is 1. The van der Waals surface area contributed by atoms with Crippen molar-refractivity contribution in [3.8, 4) is 0 Å². The van der Waals surface area contributed by atoms with E-state index in [0.29, 0.717) is 6.54 Å². The van der Waals surface area contributed by atoms with Crippen molar-refractivity contribution in [3.05, 3.63) is 34.5 Å². The van der Waals surface area contributed by atoms with E-state index in [-0.39, 0.29) is 0 Å². The minimum atomic E-state index is 0.551. The van der Waals surface area contributed by atoms with E-state index < -0.39 is 0 Å². The predicted octanol–water partition coefficient (Wildman–Crippen LogP) is 2.84. The first-order valence-electron chi connectivity index (χ1n) is 4.75. The largest absolute Gasteiger partial charge is 0.357 e. The van der Waals surface area contributed by atoms with Crippen LogP contribution in [0.4, 0.5) is 0 Å². The van der Waals surface area contributed by atoms with Gasteiger partial charge in [-0.1, -0.05) is 24.6 Å². The van der Waals surface area contributed by atoms with Crippen molar-refractivity contribution in [2.24, 2.45) is 5.73 Å². The summed E-state index contributed by atoms with van der Waals surface area (Å²) in [6, 6.07) is 5.90. The first-order valence-corrected chi connectivity index (χ1v) is 5.13. The number of aromatic amines is 1. The van der Waals surface area contributed by atoms with Crippen LogP contribution in [0.5, 0.6) is 0 Å². The molecule has 3 heteroatoms. The topological polar surface area (TPSA) is 41.8 Å². The highest BCUT2D eigenvalue weighted by atomic mass is 35.5. The zero-order valence-corrected chi connectivity index (χ0v) is 8.86. The van der Waals surface area contributed by atoms with Gasteiger partial charge < -0.3 is 10.7 Å². The SMILES string of the molecule is CCc1c(CN)[nH]c2cc(Cl)ccc12. The van der Waals surface area contributed by atoms with Crippen molar-refractivity contribution >= 4 is 22.5 Å². The number of hydrogen-bond donors (Lipinski definition) is 2. The third kappa shape index (κ3) is 1.41. The highest BCUT2D eigenvalue weighted by Gasteiger charge is 2.08. The molecule has 0 aliphatic heterocycles. The van der Waals surface area contributed by atoms with E-state index in [0.717, 1.165) is 22.7 Å². The van der Waals surface area contributed by atoms with Crippen LogP contribution in [0, 0.1) is 0 Å². The Morgan fingerprint density at radius 1 is 1.43 bits per heavy atom. The van der Waals surface area contributed by atoms with E-state index in [9.17, 15) is 0 Å². The highest BCUT2D eigenvalue weighted by Crippen LogP contribution is 2.25. The standard InChI is InChI=1S/C11H13ClN2/c1-2-8-9-4-3-7(12)5-10(9)14-11(8)6-13/h3-5,14H,2,6,13H2,1H3. The van der Waals surface area contributed by atoms with Gasteiger partial charge in [0.05, 0.1) is 0 Å². The fourth-order valence-corrected chi connectivity index (χ4v) is 2.03. The minimum Gasteiger partial charge on any atom is -0.357 e. The molecule has 1 aromatic carbocycles. The maximum Gasteiger partial charge on any atom is 0.0474 e. The Bertz CT molecular complexity index is 460. The number of hydrogen-bond acceptors (Lipinski definition) is 1. The quantitative estimate of drug-likeness (QED) is 0.783. The first kappa shape index (κ1) is 9.56. The molecule has 1 aromatic heterocycles. The van der Waals surface area contributed by atoms with E-state index >= 15 is 0 Å². The molecule has 0 fully saturated rings. The van der Waals surface area contributed by atoms with Crippen molar-refractivity contribution in [2.75, 3.05) is 0 Å². The number of nitrogens with two attached hydrogens (primary N) is 1. The van der Waals surface area contributed by atoms with Crippen LogP contribution in [0.2, 0.25) is 5.02 Å². The number of benzene rings is 1. The molecule has 0 bridgehead atoms. The van der Waals surface area contributed by atoms with E-state index in [1.165, 1.54) is 10.9 Å². The van der Waals surface area contributed by atoms with Crippen molar-refractivity contribution in [1.82, 2.24) is 4.98 Å².